The van der Waals surface area contributed by atoms with E-state index in [2.05, 4.69) is 0 Å². The van der Waals surface area contributed by atoms with Crippen LogP contribution in [0.15, 0.2) is 0 Å². The number of carbonyl (C=O) groups is 2. The number of alkyl halides is 1. The molecule has 116 valence electrons. The highest BCUT2D eigenvalue weighted by atomic mass is 28.4. The summed E-state index contributed by atoms with van der Waals surface area (Å²) in [6, 6.07) is -0.705. The lowest BCUT2D eigenvalue weighted by molar-refractivity contribution is -0.151. The van der Waals surface area contributed by atoms with Crippen molar-refractivity contribution in [2.24, 2.45) is 5.73 Å². The van der Waals surface area contributed by atoms with Gasteiger partial charge in [0.1, 0.15) is 6.04 Å². The molecule has 0 aliphatic carbocycles. The van der Waals surface area contributed by atoms with Gasteiger partial charge in [0.2, 0.25) is 5.91 Å². The van der Waals surface area contributed by atoms with Crippen molar-refractivity contribution in [1.29, 1.82) is 0 Å². The molecule has 2 amide bonds. The molecule has 1 fully saturated rings. The molecule has 0 aromatic rings. The second-order valence-electron chi connectivity index (χ2n) is 6.79. The Morgan fingerprint density at radius 2 is 1.95 bits per heavy atom. The molecule has 1 aliphatic rings. The van der Waals surface area contributed by atoms with Gasteiger partial charge in [0, 0.05) is 6.54 Å². The molecule has 2 N–H and O–H groups in total. The van der Waals surface area contributed by atoms with Gasteiger partial charge in [-0.25, -0.2) is 4.39 Å². The SMILES string of the molecule is CC(C)(C)[Si](C)(C)O[C@@H](F)C(=O)N1CCC[C@H]1C(N)=O. The molecule has 7 heteroatoms. The minimum absolute atomic E-state index is 0.189. The van der Waals surface area contributed by atoms with Gasteiger partial charge < -0.3 is 15.1 Å². The van der Waals surface area contributed by atoms with Crippen molar-refractivity contribution < 1.29 is 18.4 Å². The molecule has 0 unspecified atom stereocenters. The third-order valence-corrected chi connectivity index (χ3v) is 8.67. The standard InChI is InChI=1S/C13H25FN2O3Si/c1-13(2,3)20(4,5)19-10(14)12(18)16-8-6-7-9(16)11(15)17/h9-10H,6-8H2,1-5H3,(H2,15,17)/t9-,10+/m0/s1. The predicted octanol–water partition coefficient (Wildman–Crippen LogP) is 1.78. The summed E-state index contributed by atoms with van der Waals surface area (Å²) < 4.78 is 19.6. The summed E-state index contributed by atoms with van der Waals surface area (Å²) in [5, 5.41) is -0.189. The van der Waals surface area contributed by atoms with E-state index in [0.29, 0.717) is 19.4 Å². The first-order valence-corrected chi connectivity index (χ1v) is 9.80. The van der Waals surface area contributed by atoms with Crippen molar-refractivity contribution in [3.05, 3.63) is 0 Å². The molecule has 1 saturated heterocycles. The maximum atomic E-state index is 14.2. The normalized spacial score (nSPS) is 21.9. The zero-order valence-electron chi connectivity index (χ0n) is 12.9. The van der Waals surface area contributed by atoms with Gasteiger partial charge in [-0.15, -0.1) is 0 Å². The quantitative estimate of drug-likeness (QED) is 0.805. The average molecular weight is 304 g/mol. The first kappa shape index (κ1) is 17.1. The van der Waals surface area contributed by atoms with E-state index in [9.17, 15) is 14.0 Å². The van der Waals surface area contributed by atoms with Gasteiger partial charge in [0.25, 0.3) is 12.3 Å². The van der Waals surface area contributed by atoms with Crippen molar-refractivity contribution in [2.75, 3.05) is 6.54 Å². The van der Waals surface area contributed by atoms with Gasteiger partial charge in [-0.2, -0.15) is 0 Å². The lowest BCUT2D eigenvalue weighted by atomic mass is 10.2. The Kier molecular flexibility index (Phi) is 4.97. The van der Waals surface area contributed by atoms with Crippen LogP contribution in [0, 0.1) is 0 Å². The summed E-state index contributed by atoms with van der Waals surface area (Å²) in [7, 11) is -2.37. The molecule has 0 bridgehead atoms. The summed E-state index contributed by atoms with van der Waals surface area (Å²) in [4.78, 5) is 24.6. The summed E-state index contributed by atoms with van der Waals surface area (Å²) in [5.41, 5.74) is 5.24. The van der Waals surface area contributed by atoms with Crippen LogP contribution in [0.2, 0.25) is 18.1 Å². The number of nitrogens with two attached hydrogens (primary N) is 1. The van der Waals surface area contributed by atoms with Crippen LogP contribution in [0.3, 0.4) is 0 Å². The number of carbonyl (C=O) groups excluding carboxylic acids is 2. The molecule has 0 saturated carbocycles. The van der Waals surface area contributed by atoms with E-state index >= 15 is 0 Å². The number of hydrogen-bond donors (Lipinski definition) is 1. The third kappa shape index (κ3) is 3.57. The number of amides is 2. The molecule has 1 rings (SSSR count). The summed E-state index contributed by atoms with van der Waals surface area (Å²) in [6.07, 6.45) is -0.865. The fourth-order valence-electron chi connectivity index (χ4n) is 1.94. The van der Waals surface area contributed by atoms with Crippen molar-refractivity contribution in [3.63, 3.8) is 0 Å². The minimum Gasteiger partial charge on any atom is -0.382 e. The maximum Gasteiger partial charge on any atom is 0.284 e. The highest BCUT2D eigenvalue weighted by Crippen LogP contribution is 2.37. The molecule has 0 aromatic heterocycles. The fraction of sp³-hybridized carbons (Fsp3) is 0.846. The largest absolute Gasteiger partial charge is 0.382 e. The molecule has 1 aliphatic heterocycles. The van der Waals surface area contributed by atoms with Gasteiger partial charge in [-0.05, 0) is 31.0 Å². The fourth-order valence-corrected chi connectivity index (χ4v) is 2.91. The predicted molar refractivity (Wildman–Crippen MR) is 77.1 cm³/mol. The summed E-state index contributed by atoms with van der Waals surface area (Å²) in [6.45, 7) is 10.0. The Morgan fingerprint density at radius 3 is 2.40 bits per heavy atom. The smallest absolute Gasteiger partial charge is 0.284 e. The van der Waals surface area contributed by atoms with Crippen molar-refractivity contribution in [1.82, 2.24) is 4.90 Å². The van der Waals surface area contributed by atoms with E-state index in [-0.39, 0.29) is 5.04 Å². The molecule has 0 radical (unpaired) electrons. The van der Waals surface area contributed by atoms with Crippen LogP contribution < -0.4 is 5.73 Å². The van der Waals surface area contributed by atoms with Crippen LogP contribution in [0.5, 0.6) is 0 Å². The number of likely N-dealkylation sites (tertiary alicyclic amines) is 1. The van der Waals surface area contributed by atoms with E-state index in [4.69, 9.17) is 10.2 Å². The average Bonchev–Trinajstić information content (AvgIpc) is 2.74. The van der Waals surface area contributed by atoms with Gasteiger partial charge in [-0.1, -0.05) is 20.8 Å². The van der Waals surface area contributed by atoms with E-state index in [1.165, 1.54) is 4.90 Å². The molecule has 5 nitrogen and oxygen atoms in total. The highest BCUT2D eigenvalue weighted by Gasteiger charge is 2.43. The van der Waals surface area contributed by atoms with Crippen LogP contribution in [0.1, 0.15) is 33.6 Å². The Labute approximate surface area is 120 Å². The number of primary amides is 1. The number of halogens is 1. The first-order chi connectivity index (χ1) is 8.97. The topological polar surface area (TPSA) is 72.6 Å². The van der Waals surface area contributed by atoms with Crippen molar-refractivity contribution >= 4 is 20.1 Å². The van der Waals surface area contributed by atoms with Crippen LogP contribution >= 0.6 is 0 Å². The molecule has 0 spiro atoms. The Hall–Kier alpha value is -0.953. The zero-order valence-corrected chi connectivity index (χ0v) is 13.9. The summed E-state index contributed by atoms with van der Waals surface area (Å²) in [5.74, 6) is -1.37. The van der Waals surface area contributed by atoms with Gasteiger partial charge in [-0.3, -0.25) is 9.59 Å². The van der Waals surface area contributed by atoms with E-state index < -0.39 is 32.5 Å². The molecule has 2 atom stereocenters. The van der Waals surface area contributed by atoms with E-state index in [0.717, 1.165) is 0 Å². The van der Waals surface area contributed by atoms with Crippen molar-refractivity contribution in [3.8, 4) is 0 Å². The second-order valence-corrected chi connectivity index (χ2v) is 11.5. The highest BCUT2D eigenvalue weighted by molar-refractivity contribution is 6.74. The molecule has 20 heavy (non-hydrogen) atoms. The Bertz CT molecular complexity index is 396. The minimum atomic E-state index is -2.37. The molecular weight excluding hydrogens is 279 g/mol. The molecule has 1 heterocycles. The molecular formula is C13H25FN2O3Si. The lowest BCUT2D eigenvalue weighted by Crippen LogP contribution is -2.51. The zero-order chi connectivity index (χ0) is 15.7. The van der Waals surface area contributed by atoms with Crippen LogP contribution in [0.4, 0.5) is 4.39 Å². The Balaban J connectivity index is 2.75. The first-order valence-electron chi connectivity index (χ1n) is 6.89. The van der Waals surface area contributed by atoms with Crippen LogP contribution in [0.25, 0.3) is 0 Å². The van der Waals surface area contributed by atoms with Crippen molar-refractivity contribution in [2.45, 2.75) is 64.1 Å². The number of rotatable bonds is 4. The van der Waals surface area contributed by atoms with E-state index in [1.807, 2.05) is 33.9 Å². The van der Waals surface area contributed by atoms with Gasteiger partial charge in [0.05, 0.1) is 0 Å². The van der Waals surface area contributed by atoms with Gasteiger partial charge >= 0.3 is 0 Å². The second kappa shape index (κ2) is 5.81. The monoisotopic (exact) mass is 304 g/mol. The van der Waals surface area contributed by atoms with Crippen LogP contribution in [-0.2, 0) is 14.0 Å². The summed E-state index contributed by atoms with van der Waals surface area (Å²) >= 11 is 0. The van der Waals surface area contributed by atoms with E-state index in [1.54, 1.807) is 0 Å². The maximum absolute atomic E-state index is 14.2. The number of hydrogen-bond acceptors (Lipinski definition) is 3. The van der Waals surface area contributed by atoms with Gasteiger partial charge in [0.15, 0.2) is 8.32 Å². The molecule has 0 aromatic carbocycles. The van der Waals surface area contributed by atoms with Crippen LogP contribution in [-0.4, -0.2) is 44.0 Å². The Morgan fingerprint density at radius 1 is 1.40 bits per heavy atom. The lowest BCUT2D eigenvalue weighted by Gasteiger charge is -2.37. The number of nitrogens with zero attached hydrogens (tertiary/aromatic N) is 1. The third-order valence-electron chi connectivity index (χ3n) is 4.26.